The highest BCUT2D eigenvalue weighted by Crippen LogP contribution is 2.48. The zero-order chi connectivity index (χ0) is 11.8. The van der Waals surface area contributed by atoms with Gasteiger partial charge in [0.2, 0.25) is 0 Å². The summed E-state index contributed by atoms with van der Waals surface area (Å²) in [6.45, 7) is 1.92. The number of benzene rings is 1. The molecule has 0 saturated heterocycles. The Bertz CT molecular complexity index is 452. The van der Waals surface area contributed by atoms with Gasteiger partial charge in [0.25, 0.3) is 0 Å². The van der Waals surface area contributed by atoms with Crippen molar-refractivity contribution < 1.29 is 5.11 Å². The normalized spacial score (nSPS) is 31.5. The number of hydrogen-bond donors (Lipinski definition) is 1. The Balaban J connectivity index is 1.72. The molecule has 2 nitrogen and oxygen atoms in total. The molecule has 3 rings (SSSR count). The lowest BCUT2D eigenvalue weighted by molar-refractivity contribution is 0.175. The van der Waals surface area contributed by atoms with Crippen molar-refractivity contribution in [3.8, 4) is 5.75 Å². The Morgan fingerprint density at radius 1 is 1.35 bits per heavy atom. The molecule has 2 aliphatic rings. The van der Waals surface area contributed by atoms with Gasteiger partial charge in [-0.2, -0.15) is 0 Å². The lowest BCUT2D eigenvalue weighted by atomic mass is 9.72. The summed E-state index contributed by atoms with van der Waals surface area (Å²) in [5.74, 6) is 2.15. The molecule has 17 heavy (non-hydrogen) atoms. The van der Waals surface area contributed by atoms with Gasteiger partial charge in [-0.25, -0.2) is 0 Å². The topological polar surface area (TPSA) is 32.6 Å². The van der Waals surface area contributed by atoms with Crippen LogP contribution in [0, 0.1) is 18.8 Å². The number of aliphatic imine (C=N–C) groups is 1. The fourth-order valence-corrected chi connectivity index (χ4v) is 3.29. The van der Waals surface area contributed by atoms with Crippen molar-refractivity contribution in [2.24, 2.45) is 16.8 Å². The number of para-hydroxylation sites is 1. The maximum Gasteiger partial charge on any atom is 0.127 e. The minimum atomic E-state index is 0.374. The van der Waals surface area contributed by atoms with Crippen molar-refractivity contribution in [3.05, 3.63) is 29.3 Å². The molecule has 0 bridgehead atoms. The van der Waals surface area contributed by atoms with E-state index in [4.69, 9.17) is 0 Å². The molecule has 1 aromatic rings. The predicted octanol–water partition coefficient (Wildman–Crippen LogP) is 3.31. The second-order valence-electron chi connectivity index (χ2n) is 5.45. The Kier molecular flexibility index (Phi) is 2.65. The van der Waals surface area contributed by atoms with Crippen molar-refractivity contribution in [2.45, 2.75) is 38.6 Å². The predicted molar refractivity (Wildman–Crippen MR) is 69.7 cm³/mol. The molecule has 0 heterocycles. The summed E-state index contributed by atoms with van der Waals surface area (Å²) < 4.78 is 0. The zero-order valence-corrected chi connectivity index (χ0v) is 10.3. The van der Waals surface area contributed by atoms with Crippen LogP contribution in [0.1, 0.15) is 36.8 Å². The molecule has 0 radical (unpaired) electrons. The van der Waals surface area contributed by atoms with Crippen LogP contribution in [-0.4, -0.2) is 17.4 Å². The molecule has 0 aliphatic heterocycles. The lowest BCUT2D eigenvalue weighted by Crippen LogP contribution is -2.36. The maximum absolute atomic E-state index is 9.90. The molecule has 0 amide bonds. The molecule has 90 valence electrons. The Hall–Kier alpha value is -1.31. The van der Waals surface area contributed by atoms with Crippen molar-refractivity contribution in [2.75, 3.05) is 0 Å². The molecule has 3 atom stereocenters. The first-order valence-electron chi connectivity index (χ1n) is 6.57. The third-order valence-electron chi connectivity index (χ3n) is 4.43. The van der Waals surface area contributed by atoms with Crippen LogP contribution >= 0.6 is 0 Å². The summed E-state index contributed by atoms with van der Waals surface area (Å²) in [4.78, 5) is 4.66. The van der Waals surface area contributed by atoms with E-state index in [0.29, 0.717) is 11.8 Å². The van der Waals surface area contributed by atoms with Crippen molar-refractivity contribution in [1.29, 1.82) is 0 Å². The first-order valence-corrected chi connectivity index (χ1v) is 6.57. The van der Waals surface area contributed by atoms with E-state index in [1.54, 1.807) is 0 Å². The highest BCUT2D eigenvalue weighted by molar-refractivity contribution is 5.84. The van der Waals surface area contributed by atoms with Gasteiger partial charge >= 0.3 is 0 Å². The maximum atomic E-state index is 9.90. The summed E-state index contributed by atoms with van der Waals surface area (Å²) in [6.07, 6.45) is 7.27. The van der Waals surface area contributed by atoms with Gasteiger partial charge in [0.05, 0.1) is 6.04 Å². The highest BCUT2D eigenvalue weighted by atomic mass is 16.3. The summed E-state index contributed by atoms with van der Waals surface area (Å²) in [6, 6.07) is 6.33. The summed E-state index contributed by atoms with van der Waals surface area (Å²) in [7, 11) is 0. The fourth-order valence-electron chi connectivity index (χ4n) is 3.29. The molecule has 0 aromatic heterocycles. The van der Waals surface area contributed by atoms with Gasteiger partial charge in [0.1, 0.15) is 5.75 Å². The first-order chi connectivity index (χ1) is 8.25. The Labute approximate surface area is 102 Å². The van der Waals surface area contributed by atoms with Gasteiger partial charge in [-0.05, 0) is 43.2 Å². The van der Waals surface area contributed by atoms with E-state index < -0.39 is 0 Å². The van der Waals surface area contributed by atoms with Crippen molar-refractivity contribution in [3.63, 3.8) is 0 Å². The number of aromatic hydroxyl groups is 1. The van der Waals surface area contributed by atoms with Gasteiger partial charge in [-0.3, -0.25) is 4.99 Å². The van der Waals surface area contributed by atoms with E-state index in [9.17, 15) is 5.11 Å². The number of phenols is 1. The number of fused-ring (bicyclic) bond motifs is 1. The number of aryl methyl sites for hydroxylation is 1. The van der Waals surface area contributed by atoms with E-state index in [1.807, 2.05) is 31.3 Å². The molecule has 2 aliphatic carbocycles. The molecule has 0 spiro atoms. The Morgan fingerprint density at radius 2 is 2.24 bits per heavy atom. The van der Waals surface area contributed by atoms with Crippen LogP contribution in [0.3, 0.4) is 0 Å². The minimum absolute atomic E-state index is 0.374. The second kappa shape index (κ2) is 4.17. The quantitative estimate of drug-likeness (QED) is 0.775. The van der Waals surface area contributed by atoms with Crippen molar-refractivity contribution in [1.82, 2.24) is 0 Å². The van der Waals surface area contributed by atoms with Crippen LogP contribution in [0.4, 0.5) is 0 Å². The first kappa shape index (κ1) is 10.8. The lowest BCUT2D eigenvalue weighted by Gasteiger charge is -2.37. The zero-order valence-electron chi connectivity index (χ0n) is 10.3. The summed E-state index contributed by atoms with van der Waals surface area (Å²) in [5, 5.41) is 9.90. The van der Waals surface area contributed by atoms with Gasteiger partial charge < -0.3 is 5.11 Å². The van der Waals surface area contributed by atoms with Gasteiger partial charge in [0.15, 0.2) is 0 Å². The average molecular weight is 229 g/mol. The van der Waals surface area contributed by atoms with E-state index in [2.05, 4.69) is 4.99 Å². The minimum Gasteiger partial charge on any atom is -0.507 e. The fraction of sp³-hybridized carbons (Fsp3) is 0.533. The van der Waals surface area contributed by atoms with Crippen molar-refractivity contribution >= 4 is 6.21 Å². The number of hydrogen-bond acceptors (Lipinski definition) is 2. The highest BCUT2D eigenvalue weighted by Gasteiger charge is 2.43. The SMILES string of the molecule is Cc1cccc(C=NC2CC3CCCC32)c1O. The number of phenolic OH excluding ortho intramolecular Hbond substituents is 1. The van der Waals surface area contributed by atoms with Crippen LogP contribution in [0.25, 0.3) is 0 Å². The third-order valence-corrected chi connectivity index (χ3v) is 4.43. The average Bonchev–Trinajstić information content (AvgIpc) is 2.66. The van der Waals surface area contributed by atoms with Gasteiger partial charge in [0, 0.05) is 11.8 Å². The molecule has 2 saturated carbocycles. The Morgan fingerprint density at radius 3 is 3.06 bits per heavy atom. The van der Waals surface area contributed by atoms with Crippen LogP contribution in [0.2, 0.25) is 0 Å². The monoisotopic (exact) mass is 229 g/mol. The largest absolute Gasteiger partial charge is 0.507 e. The van der Waals surface area contributed by atoms with E-state index in [1.165, 1.54) is 25.7 Å². The van der Waals surface area contributed by atoms with E-state index in [-0.39, 0.29) is 0 Å². The summed E-state index contributed by atoms with van der Waals surface area (Å²) in [5.41, 5.74) is 1.77. The van der Waals surface area contributed by atoms with Crippen LogP contribution in [-0.2, 0) is 0 Å². The summed E-state index contributed by atoms with van der Waals surface area (Å²) >= 11 is 0. The second-order valence-corrected chi connectivity index (χ2v) is 5.45. The van der Waals surface area contributed by atoms with E-state index >= 15 is 0 Å². The molecule has 1 N–H and O–H groups in total. The molecule has 2 heteroatoms. The van der Waals surface area contributed by atoms with Gasteiger partial charge in [-0.15, -0.1) is 0 Å². The van der Waals surface area contributed by atoms with Crippen LogP contribution in [0.15, 0.2) is 23.2 Å². The third kappa shape index (κ3) is 1.86. The molecular formula is C15H19NO. The van der Waals surface area contributed by atoms with E-state index in [0.717, 1.165) is 23.0 Å². The van der Waals surface area contributed by atoms with Crippen LogP contribution < -0.4 is 0 Å². The molecule has 1 aromatic carbocycles. The number of rotatable bonds is 2. The molecule has 3 unspecified atom stereocenters. The van der Waals surface area contributed by atoms with Crippen LogP contribution in [0.5, 0.6) is 5.75 Å². The van der Waals surface area contributed by atoms with Gasteiger partial charge in [-0.1, -0.05) is 25.0 Å². The standard InChI is InChI=1S/C15H19NO/c1-10-4-2-6-12(15(10)17)9-16-14-8-11-5-3-7-13(11)14/h2,4,6,9,11,13-14,17H,3,5,7-8H2,1H3. The smallest absolute Gasteiger partial charge is 0.127 e. The molecular weight excluding hydrogens is 210 g/mol. The molecule has 2 fully saturated rings. The number of nitrogens with zero attached hydrogens (tertiary/aromatic N) is 1.